The number of nitrogens with two attached hydrogens (primary N) is 1. The van der Waals surface area contributed by atoms with Crippen LogP contribution >= 0.6 is 0 Å². The normalized spacial score (nSPS) is 10.7. The average molecular weight is 283 g/mol. The van der Waals surface area contributed by atoms with Crippen molar-refractivity contribution < 1.29 is 14.3 Å². The highest BCUT2D eigenvalue weighted by atomic mass is 16.5. The standard InChI is InChI=1S/C12H21N5O3/c1-4-20-12(19)11-9(5-13)17(16-15-11)7-10(18)14-6-8(2)3/h8H,4-7,13H2,1-3H3,(H,14,18). The highest BCUT2D eigenvalue weighted by Crippen LogP contribution is 2.06. The Kier molecular flexibility index (Phi) is 6.10. The predicted octanol–water partition coefficient (Wildman–Crippen LogP) is -0.314. The number of hydrogen-bond acceptors (Lipinski definition) is 6. The van der Waals surface area contributed by atoms with Crippen LogP contribution in [0, 0.1) is 5.92 Å². The van der Waals surface area contributed by atoms with Crippen molar-refractivity contribution in [2.24, 2.45) is 11.7 Å². The summed E-state index contributed by atoms with van der Waals surface area (Å²) >= 11 is 0. The first-order chi connectivity index (χ1) is 9.49. The van der Waals surface area contributed by atoms with Gasteiger partial charge in [-0.15, -0.1) is 5.10 Å². The van der Waals surface area contributed by atoms with Crippen LogP contribution in [0.1, 0.15) is 37.0 Å². The molecule has 1 aromatic rings. The molecule has 0 aromatic carbocycles. The summed E-state index contributed by atoms with van der Waals surface area (Å²) in [5, 5.41) is 10.3. The molecule has 0 aliphatic heterocycles. The van der Waals surface area contributed by atoms with E-state index in [-0.39, 0.29) is 31.3 Å². The second kappa shape index (κ2) is 7.59. The molecule has 0 unspecified atom stereocenters. The number of ether oxygens (including phenoxy) is 1. The van der Waals surface area contributed by atoms with Crippen molar-refractivity contribution in [2.45, 2.75) is 33.9 Å². The molecule has 0 atom stereocenters. The number of aromatic nitrogens is 3. The molecule has 20 heavy (non-hydrogen) atoms. The second-order valence-electron chi connectivity index (χ2n) is 4.66. The fraction of sp³-hybridized carbons (Fsp3) is 0.667. The summed E-state index contributed by atoms with van der Waals surface area (Å²) in [7, 11) is 0. The Hall–Kier alpha value is -1.96. The number of nitrogens with one attached hydrogen (secondary N) is 1. The Morgan fingerprint density at radius 2 is 2.15 bits per heavy atom. The van der Waals surface area contributed by atoms with Gasteiger partial charge in [-0.2, -0.15) is 0 Å². The zero-order valence-electron chi connectivity index (χ0n) is 12.0. The van der Waals surface area contributed by atoms with Gasteiger partial charge in [0.1, 0.15) is 6.54 Å². The number of rotatable bonds is 7. The summed E-state index contributed by atoms with van der Waals surface area (Å²) in [6.07, 6.45) is 0. The maximum atomic E-state index is 11.7. The first-order valence-corrected chi connectivity index (χ1v) is 6.55. The van der Waals surface area contributed by atoms with E-state index in [2.05, 4.69) is 15.6 Å². The summed E-state index contributed by atoms with van der Waals surface area (Å²) in [6.45, 7) is 6.55. The highest BCUT2D eigenvalue weighted by Gasteiger charge is 2.20. The first kappa shape index (κ1) is 16.1. The molecule has 0 saturated carbocycles. The Labute approximate surface area is 117 Å². The highest BCUT2D eigenvalue weighted by molar-refractivity contribution is 5.88. The molecular formula is C12H21N5O3. The largest absolute Gasteiger partial charge is 0.461 e. The van der Waals surface area contributed by atoms with Crippen molar-refractivity contribution in [2.75, 3.05) is 13.2 Å². The van der Waals surface area contributed by atoms with E-state index in [1.807, 2.05) is 13.8 Å². The van der Waals surface area contributed by atoms with Crippen LogP contribution in [0.2, 0.25) is 0 Å². The van der Waals surface area contributed by atoms with Gasteiger partial charge in [0.05, 0.1) is 12.3 Å². The van der Waals surface area contributed by atoms with Crippen LogP contribution in [0.4, 0.5) is 0 Å². The van der Waals surface area contributed by atoms with Gasteiger partial charge in [-0.25, -0.2) is 9.48 Å². The molecule has 0 radical (unpaired) electrons. The summed E-state index contributed by atoms with van der Waals surface area (Å²) in [6, 6.07) is 0. The molecule has 1 aromatic heterocycles. The minimum atomic E-state index is -0.582. The van der Waals surface area contributed by atoms with Gasteiger partial charge in [-0.05, 0) is 12.8 Å². The van der Waals surface area contributed by atoms with Crippen molar-refractivity contribution in [1.82, 2.24) is 20.3 Å². The minimum Gasteiger partial charge on any atom is -0.461 e. The fourth-order valence-electron chi connectivity index (χ4n) is 1.53. The third-order valence-electron chi connectivity index (χ3n) is 2.50. The van der Waals surface area contributed by atoms with E-state index in [0.717, 1.165) is 0 Å². The molecule has 0 fully saturated rings. The minimum absolute atomic E-state index is 0.0222. The monoisotopic (exact) mass is 283 g/mol. The van der Waals surface area contributed by atoms with Crippen LogP contribution in [0.25, 0.3) is 0 Å². The summed E-state index contributed by atoms with van der Waals surface area (Å²) in [5.74, 6) is -0.422. The molecule has 0 aliphatic carbocycles. The number of hydrogen-bond donors (Lipinski definition) is 2. The van der Waals surface area contributed by atoms with Crippen LogP contribution in [0.3, 0.4) is 0 Å². The van der Waals surface area contributed by atoms with E-state index < -0.39 is 5.97 Å². The number of carbonyl (C=O) groups excluding carboxylic acids is 2. The molecule has 3 N–H and O–H groups in total. The molecular weight excluding hydrogens is 262 g/mol. The number of amides is 1. The Morgan fingerprint density at radius 1 is 1.45 bits per heavy atom. The molecule has 0 aliphatic rings. The van der Waals surface area contributed by atoms with E-state index in [9.17, 15) is 9.59 Å². The van der Waals surface area contributed by atoms with Crippen molar-refractivity contribution in [3.05, 3.63) is 11.4 Å². The Balaban J connectivity index is 2.76. The van der Waals surface area contributed by atoms with Gasteiger partial charge in [-0.1, -0.05) is 19.1 Å². The van der Waals surface area contributed by atoms with Crippen molar-refractivity contribution >= 4 is 11.9 Å². The lowest BCUT2D eigenvalue weighted by atomic mass is 10.2. The predicted molar refractivity (Wildman–Crippen MR) is 71.7 cm³/mol. The molecule has 8 nitrogen and oxygen atoms in total. The van der Waals surface area contributed by atoms with Crippen molar-refractivity contribution in [1.29, 1.82) is 0 Å². The molecule has 1 amide bonds. The molecule has 0 bridgehead atoms. The number of carbonyl (C=O) groups is 2. The Morgan fingerprint density at radius 3 is 2.70 bits per heavy atom. The van der Waals surface area contributed by atoms with Gasteiger partial charge in [-0.3, -0.25) is 4.79 Å². The van der Waals surface area contributed by atoms with E-state index in [1.54, 1.807) is 6.92 Å². The fourth-order valence-corrected chi connectivity index (χ4v) is 1.53. The average Bonchev–Trinajstić information content (AvgIpc) is 2.79. The summed E-state index contributed by atoms with van der Waals surface area (Å²) in [4.78, 5) is 23.4. The molecule has 112 valence electrons. The maximum absolute atomic E-state index is 11.7. The zero-order valence-corrected chi connectivity index (χ0v) is 12.0. The van der Waals surface area contributed by atoms with Gasteiger partial charge in [0.2, 0.25) is 5.91 Å². The van der Waals surface area contributed by atoms with E-state index >= 15 is 0 Å². The molecule has 1 rings (SSSR count). The quantitative estimate of drug-likeness (QED) is 0.664. The van der Waals surface area contributed by atoms with Gasteiger partial charge >= 0.3 is 5.97 Å². The van der Waals surface area contributed by atoms with Crippen LogP contribution in [-0.4, -0.2) is 40.0 Å². The van der Waals surface area contributed by atoms with Gasteiger partial charge in [0.25, 0.3) is 0 Å². The first-order valence-electron chi connectivity index (χ1n) is 6.55. The van der Waals surface area contributed by atoms with Crippen molar-refractivity contribution in [3.8, 4) is 0 Å². The van der Waals surface area contributed by atoms with Crippen LogP contribution in [0.5, 0.6) is 0 Å². The van der Waals surface area contributed by atoms with E-state index in [0.29, 0.717) is 18.2 Å². The van der Waals surface area contributed by atoms with Crippen LogP contribution < -0.4 is 11.1 Å². The second-order valence-corrected chi connectivity index (χ2v) is 4.66. The van der Waals surface area contributed by atoms with E-state index in [4.69, 9.17) is 10.5 Å². The molecule has 0 saturated heterocycles. The number of esters is 1. The smallest absolute Gasteiger partial charge is 0.360 e. The van der Waals surface area contributed by atoms with Crippen molar-refractivity contribution in [3.63, 3.8) is 0 Å². The maximum Gasteiger partial charge on any atom is 0.360 e. The third-order valence-corrected chi connectivity index (χ3v) is 2.50. The number of nitrogens with zero attached hydrogens (tertiary/aromatic N) is 3. The third kappa shape index (κ3) is 4.30. The van der Waals surface area contributed by atoms with Crippen LogP contribution in [-0.2, 0) is 22.6 Å². The lowest BCUT2D eigenvalue weighted by Crippen LogP contribution is -2.31. The SMILES string of the molecule is CCOC(=O)c1nnn(CC(=O)NCC(C)C)c1CN. The summed E-state index contributed by atoms with van der Waals surface area (Å²) < 4.78 is 6.18. The van der Waals surface area contributed by atoms with Gasteiger partial charge in [0.15, 0.2) is 5.69 Å². The molecule has 8 heteroatoms. The Bertz CT molecular complexity index is 470. The molecule has 0 spiro atoms. The van der Waals surface area contributed by atoms with Gasteiger partial charge < -0.3 is 15.8 Å². The lowest BCUT2D eigenvalue weighted by Gasteiger charge is -2.09. The topological polar surface area (TPSA) is 112 Å². The summed E-state index contributed by atoms with van der Waals surface area (Å²) in [5.41, 5.74) is 6.04. The molecule has 1 heterocycles. The van der Waals surface area contributed by atoms with Crippen LogP contribution in [0.15, 0.2) is 0 Å². The lowest BCUT2D eigenvalue weighted by molar-refractivity contribution is -0.122. The van der Waals surface area contributed by atoms with Gasteiger partial charge in [0, 0.05) is 13.1 Å². The zero-order chi connectivity index (χ0) is 15.1. The van der Waals surface area contributed by atoms with E-state index in [1.165, 1.54) is 4.68 Å².